The Morgan fingerprint density at radius 3 is 2.63 bits per heavy atom. The Morgan fingerprint density at radius 2 is 1.84 bits per heavy atom. The molecule has 2 aromatic heterocycles. The fraction of sp³-hybridized carbons (Fsp3) is 0.233. The van der Waals surface area contributed by atoms with Crippen molar-refractivity contribution in [3.63, 3.8) is 0 Å². The Kier molecular flexibility index (Phi) is 6.74. The van der Waals surface area contributed by atoms with Gasteiger partial charge < -0.3 is 5.11 Å². The molecule has 1 atom stereocenters. The lowest BCUT2D eigenvalue weighted by Crippen LogP contribution is -2.27. The lowest BCUT2D eigenvalue weighted by molar-refractivity contribution is 0.0712. The highest BCUT2D eigenvalue weighted by atomic mass is 32.1. The summed E-state index contributed by atoms with van der Waals surface area (Å²) < 4.78 is 14.9. The number of aromatic nitrogens is 1. The van der Waals surface area contributed by atoms with E-state index < -0.39 is 11.9 Å². The molecule has 0 radical (unpaired) electrons. The Labute approximate surface area is 224 Å². The van der Waals surface area contributed by atoms with E-state index in [0.717, 1.165) is 35.6 Å². The number of hydrogen-bond donors (Lipinski definition) is 1. The van der Waals surface area contributed by atoms with Gasteiger partial charge in [-0.15, -0.1) is 11.3 Å². The second-order valence-corrected chi connectivity index (χ2v) is 10.8. The van der Waals surface area contributed by atoms with E-state index in [4.69, 9.17) is 0 Å². The molecule has 2 aromatic carbocycles. The van der Waals surface area contributed by atoms with Crippen molar-refractivity contribution in [3.8, 4) is 16.2 Å². The molecule has 2 aliphatic rings. The molecule has 1 saturated heterocycles. The number of phenols is 1. The SMILES string of the molecule is O=C(c1ccc(-c2cccc(CN3CCCC3)c2)s1)N1N=C(c2cccnc2)CC1c1c(O)cccc1F. The predicted molar refractivity (Wildman–Crippen MR) is 147 cm³/mol. The topological polar surface area (TPSA) is 69.0 Å². The minimum atomic E-state index is -0.770. The zero-order valence-electron chi connectivity index (χ0n) is 20.8. The van der Waals surface area contributed by atoms with Crippen LogP contribution in [0.5, 0.6) is 5.75 Å². The first-order valence-electron chi connectivity index (χ1n) is 12.8. The average Bonchev–Trinajstić information content (AvgIpc) is 3.71. The third-order valence-corrected chi connectivity index (χ3v) is 8.23. The Hall–Kier alpha value is -3.88. The number of hydrazone groups is 1. The number of amides is 1. The number of carbonyl (C=O) groups is 1. The number of hydrogen-bond acceptors (Lipinski definition) is 6. The van der Waals surface area contributed by atoms with Crippen LogP contribution in [-0.2, 0) is 6.54 Å². The minimum Gasteiger partial charge on any atom is -0.507 e. The highest BCUT2D eigenvalue weighted by molar-refractivity contribution is 7.17. The highest BCUT2D eigenvalue weighted by Crippen LogP contribution is 2.40. The van der Waals surface area contributed by atoms with Gasteiger partial charge in [-0.1, -0.05) is 30.3 Å². The lowest BCUT2D eigenvalue weighted by atomic mass is 9.97. The van der Waals surface area contributed by atoms with Crippen LogP contribution >= 0.6 is 11.3 Å². The maximum Gasteiger partial charge on any atom is 0.284 e. The van der Waals surface area contributed by atoms with Crippen LogP contribution in [0.1, 0.15) is 51.7 Å². The minimum absolute atomic E-state index is 0.0647. The van der Waals surface area contributed by atoms with Gasteiger partial charge in [0.25, 0.3) is 5.91 Å². The predicted octanol–water partition coefficient (Wildman–Crippen LogP) is 6.24. The molecule has 2 aliphatic heterocycles. The highest BCUT2D eigenvalue weighted by Gasteiger charge is 2.37. The van der Waals surface area contributed by atoms with Crippen molar-refractivity contribution in [2.24, 2.45) is 5.10 Å². The van der Waals surface area contributed by atoms with Crippen molar-refractivity contribution in [1.82, 2.24) is 14.9 Å². The van der Waals surface area contributed by atoms with Crippen LogP contribution in [0, 0.1) is 5.82 Å². The molecule has 38 heavy (non-hydrogen) atoms. The quantitative estimate of drug-likeness (QED) is 0.323. The molecule has 0 aliphatic carbocycles. The van der Waals surface area contributed by atoms with Crippen LogP contribution in [0.3, 0.4) is 0 Å². The molecule has 0 bridgehead atoms. The summed E-state index contributed by atoms with van der Waals surface area (Å²) in [6, 6.07) is 19.2. The standard InChI is InChI=1S/C30H27FN4O2S/c31-23-9-4-10-26(36)29(23)25-17-24(22-8-5-13-32-18-22)33-35(25)30(37)28-12-11-27(38-28)21-7-3-6-20(16-21)19-34-14-1-2-15-34/h3-13,16,18,25,36H,1-2,14-15,17,19H2. The summed E-state index contributed by atoms with van der Waals surface area (Å²) in [6.45, 7) is 3.20. The Morgan fingerprint density at radius 1 is 1.03 bits per heavy atom. The second kappa shape index (κ2) is 10.5. The summed E-state index contributed by atoms with van der Waals surface area (Å²) in [5, 5.41) is 16.4. The number of nitrogens with zero attached hydrogens (tertiary/aromatic N) is 4. The van der Waals surface area contributed by atoms with Gasteiger partial charge in [0.1, 0.15) is 11.6 Å². The third-order valence-electron chi connectivity index (χ3n) is 7.11. The van der Waals surface area contributed by atoms with Crippen molar-refractivity contribution in [3.05, 3.63) is 107 Å². The summed E-state index contributed by atoms with van der Waals surface area (Å²) in [5.74, 6) is -1.10. The van der Waals surface area contributed by atoms with Gasteiger partial charge in [0.05, 0.1) is 22.2 Å². The summed E-state index contributed by atoms with van der Waals surface area (Å²) in [7, 11) is 0. The first-order chi connectivity index (χ1) is 18.6. The van der Waals surface area contributed by atoms with Gasteiger partial charge in [0.2, 0.25) is 0 Å². The van der Waals surface area contributed by atoms with E-state index in [9.17, 15) is 14.3 Å². The van der Waals surface area contributed by atoms with Crippen molar-refractivity contribution >= 4 is 23.0 Å². The van der Waals surface area contributed by atoms with Crippen LogP contribution in [0.15, 0.2) is 84.2 Å². The van der Waals surface area contributed by atoms with E-state index in [1.54, 1.807) is 24.5 Å². The second-order valence-electron chi connectivity index (χ2n) is 9.68. The molecule has 6 nitrogen and oxygen atoms in total. The molecule has 1 N–H and O–H groups in total. The summed E-state index contributed by atoms with van der Waals surface area (Å²) in [6.07, 6.45) is 6.11. The van der Waals surface area contributed by atoms with Crippen molar-refractivity contribution in [2.45, 2.75) is 31.8 Å². The van der Waals surface area contributed by atoms with Crippen LogP contribution in [0.4, 0.5) is 4.39 Å². The molecule has 0 saturated carbocycles. The zero-order valence-corrected chi connectivity index (χ0v) is 21.6. The maximum absolute atomic E-state index is 14.9. The fourth-order valence-corrected chi connectivity index (χ4v) is 6.16. The largest absolute Gasteiger partial charge is 0.507 e. The van der Waals surface area contributed by atoms with Gasteiger partial charge in [-0.05, 0) is 73.5 Å². The normalized spacial score (nSPS) is 17.7. The smallest absolute Gasteiger partial charge is 0.284 e. The molecule has 1 unspecified atom stereocenters. The molecule has 192 valence electrons. The lowest BCUT2D eigenvalue weighted by Gasteiger charge is -2.22. The zero-order chi connectivity index (χ0) is 26.1. The van der Waals surface area contributed by atoms with Crippen molar-refractivity contribution in [2.75, 3.05) is 13.1 Å². The summed E-state index contributed by atoms with van der Waals surface area (Å²) in [5.41, 5.74) is 3.76. The number of halogens is 1. The van der Waals surface area contributed by atoms with E-state index in [0.29, 0.717) is 10.6 Å². The van der Waals surface area contributed by atoms with E-state index in [1.807, 2.05) is 12.1 Å². The van der Waals surface area contributed by atoms with Crippen LogP contribution in [-0.4, -0.2) is 44.7 Å². The Balaban J connectivity index is 1.30. The van der Waals surface area contributed by atoms with E-state index >= 15 is 0 Å². The number of aromatic hydroxyl groups is 1. The van der Waals surface area contributed by atoms with Gasteiger partial charge in [-0.2, -0.15) is 5.10 Å². The van der Waals surface area contributed by atoms with E-state index in [1.165, 1.54) is 52.9 Å². The van der Waals surface area contributed by atoms with Crippen LogP contribution in [0.25, 0.3) is 10.4 Å². The number of rotatable bonds is 6. The third kappa shape index (κ3) is 4.85. The summed E-state index contributed by atoms with van der Waals surface area (Å²) in [4.78, 5) is 21.9. The molecule has 1 fully saturated rings. The number of thiophene rings is 1. The molecule has 4 aromatic rings. The molecule has 8 heteroatoms. The number of carbonyl (C=O) groups excluding carboxylic acids is 1. The molecule has 0 spiro atoms. The molecule has 6 rings (SSSR count). The number of pyridine rings is 1. The van der Waals surface area contributed by atoms with Crippen molar-refractivity contribution in [1.29, 1.82) is 0 Å². The first kappa shape index (κ1) is 24.5. The Bertz CT molecular complexity index is 1480. The van der Waals surface area contributed by atoms with E-state index in [2.05, 4.69) is 39.3 Å². The van der Waals surface area contributed by atoms with Crippen molar-refractivity contribution < 1.29 is 14.3 Å². The van der Waals surface area contributed by atoms with E-state index in [-0.39, 0.29) is 23.6 Å². The molecule has 4 heterocycles. The van der Waals surface area contributed by atoms with Crippen LogP contribution < -0.4 is 0 Å². The van der Waals surface area contributed by atoms with Gasteiger partial charge in [0.15, 0.2) is 0 Å². The van der Waals surface area contributed by atoms with Crippen LogP contribution in [0.2, 0.25) is 0 Å². The molecular formula is C30H27FN4O2S. The number of benzene rings is 2. The fourth-order valence-electron chi connectivity index (χ4n) is 5.23. The van der Waals surface area contributed by atoms with Gasteiger partial charge in [-0.3, -0.25) is 14.7 Å². The summed E-state index contributed by atoms with van der Waals surface area (Å²) >= 11 is 1.39. The van der Waals surface area contributed by atoms with Gasteiger partial charge >= 0.3 is 0 Å². The average molecular weight is 527 g/mol. The van der Waals surface area contributed by atoms with Gasteiger partial charge in [-0.25, -0.2) is 9.40 Å². The van der Waals surface area contributed by atoms with Gasteiger partial charge in [0, 0.05) is 35.8 Å². The maximum atomic E-state index is 14.9. The molecule has 1 amide bonds. The monoisotopic (exact) mass is 526 g/mol. The first-order valence-corrected chi connectivity index (χ1v) is 13.6. The molecular weight excluding hydrogens is 499 g/mol. The number of phenolic OH excluding ortho intramolecular Hbond substituents is 1. The number of likely N-dealkylation sites (tertiary alicyclic amines) is 1.